The molecule has 0 aromatic rings. The van der Waals surface area contributed by atoms with E-state index < -0.39 is 0 Å². The van der Waals surface area contributed by atoms with Gasteiger partial charge in [0.1, 0.15) is 0 Å². The summed E-state index contributed by atoms with van der Waals surface area (Å²) in [5, 5.41) is 8.02. The van der Waals surface area contributed by atoms with Gasteiger partial charge in [0.05, 0.1) is 6.04 Å². The fraction of sp³-hybridized carbons (Fsp3) is 0.750. The summed E-state index contributed by atoms with van der Waals surface area (Å²) in [5.41, 5.74) is 0. The molecule has 2 unspecified atom stereocenters. The quantitative estimate of drug-likeness (QED) is 0.532. The summed E-state index contributed by atoms with van der Waals surface area (Å²) in [6.07, 6.45) is 3.89. The predicted octanol–water partition coefficient (Wildman–Crippen LogP) is 2.63. The maximum absolute atomic E-state index is 4.15. The Labute approximate surface area is 62.0 Å². The Hall–Kier alpha value is -0.660. The molecule has 1 aliphatic rings. The van der Waals surface area contributed by atoms with Crippen LogP contribution in [0.3, 0.4) is 0 Å². The van der Waals surface area contributed by atoms with Gasteiger partial charge in [-0.15, -0.1) is 0 Å². The molecule has 2 atom stereocenters. The fourth-order valence-electron chi connectivity index (χ4n) is 1.25. The Balaban J connectivity index is 2.61. The monoisotopic (exact) mass is 138 g/mol. The summed E-state index contributed by atoms with van der Waals surface area (Å²) >= 11 is 0. The van der Waals surface area contributed by atoms with Gasteiger partial charge in [0.15, 0.2) is 0 Å². The second-order valence-corrected chi connectivity index (χ2v) is 3.17. The average Bonchev–Trinajstić information content (AvgIpc) is 1.88. The molecule has 1 heterocycles. The third-order valence-electron chi connectivity index (χ3n) is 1.88. The van der Waals surface area contributed by atoms with Crippen molar-refractivity contribution in [1.29, 1.82) is 0 Å². The van der Waals surface area contributed by atoms with Crippen molar-refractivity contribution in [3.8, 4) is 0 Å². The van der Waals surface area contributed by atoms with Crippen LogP contribution in [0.4, 0.5) is 0 Å². The summed E-state index contributed by atoms with van der Waals surface area (Å²) in [7, 11) is 0. The molecule has 0 fully saturated rings. The smallest absolute Gasteiger partial charge is 0.0795 e. The van der Waals surface area contributed by atoms with Gasteiger partial charge >= 0.3 is 0 Å². The largest absolute Gasteiger partial charge is 0.185 e. The summed E-state index contributed by atoms with van der Waals surface area (Å²) in [6, 6.07) is 0.394. The SMILES string of the molecule is CC(C)C1N=NC=CC1C. The van der Waals surface area contributed by atoms with Crippen LogP contribution >= 0.6 is 0 Å². The van der Waals surface area contributed by atoms with Gasteiger partial charge in [-0.3, -0.25) is 0 Å². The van der Waals surface area contributed by atoms with E-state index in [1.54, 1.807) is 6.20 Å². The highest BCUT2D eigenvalue weighted by Gasteiger charge is 2.19. The first-order valence-electron chi connectivity index (χ1n) is 3.78. The van der Waals surface area contributed by atoms with E-state index >= 15 is 0 Å². The zero-order valence-electron chi connectivity index (χ0n) is 6.78. The molecule has 0 aliphatic carbocycles. The lowest BCUT2D eigenvalue weighted by Gasteiger charge is -2.21. The van der Waals surface area contributed by atoms with Crippen LogP contribution in [0.15, 0.2) is 22.5 Å². The molecule has 0 radical (unpaired) electrons. The van der Waals surface area contributed by atoms with Gasteiger partial charge in [-0.05, 0) is 5.92 Å². The highest BCUT2D eigenvalue weighted by molar-refractivity contribution is 4.95. The maximum atomic E-state index is 4.15. The predicted molar refractivity (Wildman–Crippen MR) is 41.8 cm³/mol. The Morgan fingerprint density at radius 3 is 2.50 bits per heavy atom. The Bertz CT molecular complexity index is 159. The highest BCUT2D eigenvalue weighted by Crippen LogP contribution is 2.20. The van der Waals surface area contributed by atoms with Crippen LogP contribution in [-0.2, 0) is 0 Å². The van der Waals surface area contributed by atoms with Crippen molar-refractivity contribution >= 4 is 0 Å². The van der Waals surface area contributed by atoms with Crippen molar-refractivity contribution in [1.82, 2.24) is 0 Å². The third-order valence-corrected chi connectivity index (χ3v) is 1.88. The molecule has 1 aliphatic heterocycles. The van der Waals surface area contributed by atoms with Crippen LogP contribution in [0.25, 0.3) is 0 Å². The van der Waals surface area contributed by atoms with Gasteiger partial charge < -0.3 is 0 Å². The minimum atomic E-state index is 0.394. The molecule has 0 N–H and O–H groups in total. The summed E-state index contributed by atoms with van der Waals surface area (Å²) < 4.78 is 0. The van der Waals surface area contributed by atoms with Crippen LogP contribution in [0.1, 0.15) is 20.8 Å². The van der Waals surface area contributed by atoms with Crippen molar-refractivity contribution in [3.63, 3.8) is 0 Å². The van der Waals surface area contributed by atoms with Gasteiger partial charge in [-0.2, -0.15) is 10.2 Å². The van der Waals surface area contributed by atoms with Crippen molar-refractivity contribution in [2.75, 3.05) is 0 Å². The molecule has 2 nitrogen and oxygen atoms in total. The summed E-state index contributed by atoms with van der Waals surface area (Å²) in [6.45, 7) is 6.54. The van der Waals surface area contributed by atoms with E-state index in [1.807, 2.05) is 0 Å². The fourth-order valence-corrected chi connectivity index (χ4v) is 1.25. The van der Waals surface area contributed by atoms with E-state index in [1.165, 1.54) is 0 Å². The first-order chi connectivity index (χ1) is 4.72. The molecule has 0 saturated carbocycles. The normalized spacial score (nSPS) is 31.6. The summed E-state index contributed by atoms with van der Waals surface area (Å²) in [5.74, 6) is 1.15. The maximum Gasteiger partial charge on any atom is 0.0795 e. The topological polar surface area (TPSA) is 24.7 Å². The van der Waals surface area contributed by atoms with E-state index in [-0.39, 0.29) is 0 Å². The first-order valence-corrected chi connectivity index (χ1v) is 3.78. The lowest BCUT2D eigenvalue weighted by atomic mass is 9.92. The van der Waals surface area contributed by atoms with Crippen LogP contribution < -0.4 is 0 Å². The summed E-state index contributed by atoms with van der Waals surface area (Å²) in [4.78, 5) is 0. The molecule has 2 heteroatoms. The van der Waals surface area contributed by atoms with Crippen LogP contribution in [0.2, 0.25) is 0 Å². The van der Waals surface area contributed by atoms with Crippen molar-refractivity contribution in [2.24, 2.45) is 22.1 Å². The van der Waals surface area contributed by atoms with Crippen molar-refractivity contribution in [3.05, 3.63) is 12.3 Å². The van der Waals surface area contributed by atoms with E-state index in [9.17, 15) is 0 Å². The van der Waals surface area contributed by atoms with Crippen LogP contribution in [-0.4, -0.2) is 6.04 Å². The molecule has 0 aromatic carbocycles. The minimum Gasteiger partial charge on any atom is -0.185 e. The Morgan fingerprint density at radius 2 is 2.10 bits per heavy atom. The number of azo groups is 1. The van der Waals surface area contributed by atoms with E-state index in [0.717, 1.165) is 0 Å². The molecule has 0 bridgehead atoms. The van der Waals surface area contributed by atoms with Gasteiger partial charge in [0, 0.05) is 12.1 Å². The zero-order valence-corrected chi connectivity index (χ0v) is 6.78. The number of hydrogen-bond donors (Lipinski definition) is 0. The molecule has 1 rings (SSSR count). The molecule has 0 spiro atoms. The van der Waals surface area contributed by atoms with Gasteiger partial charge in [0.25, 0.3) is 0 Å². The van der Waals surface area contributed by atoms with Crippen LogP contribution in [0, 0.1) is 11.8 Å². The minimum absolute atomic E-state index is 0.394. The van der Waals surface area contributed by atoms with Crippen molar-refractivity contribution < 1.29 is 0 Å². The first kappa shape index (κ1) is 7.45. The number of nitrogens with zero attached hydrogens (tertiary/aromatic N) is 2. The van der Waals surface area contributed by atoms with Gasteiger partial charge in [-0.25, -0.2) is 0 Å². The average molecular weight is 138 g/mol. The third kappa shape index (κ3) is 1.43. The highest BCUT2D eigenvalue weighted by atomic mass is 15.1. The van der Waals surface area contributed by atoms with Gasteiger partial charge in [0.2, 0.25) is 0 Å². The standard InChI is InChI=1S/C8H14N2/c1-6(2)8-7(3)4-5-9-10-8/h4-8H,1-3H3. The molecule has 0 saturated heterocycles. The van der Waals surface area contributed by atoms with E-state index in [4.69, 9.17) is 0 Å². The second-order valence-electron chi connectivity index (χ2n) is 3.17. The lowest BCUT2D eigenvalue weighted by Crippen LogP contribution is -2.21. The molecule has 56 valence electrons. The molecule has 0 aromatic heterocycles. The molecule has 10 heavy (non-hydrogen) atoms. The lowest BCUT2D eigenvalue weighted by molar-refractivity contribution is 0.394. The Morgan fingerprint density at radius 1 is 1.40 bits per heavy atom. The Kier molecular flexibility index (Phi) is 2.20. The van der Waals surface area contributed by atoms with E-state index in [2.05, 4.69) is 37.1 Å². The van der Waals surface area contributed by atoms with E-state index in [0.29, 0.717) is 17.9 Å². The number of hydrogen-bond acceptors (Lipinski definition) is 2. The molecule has 0 amide bonds. The number of rotatable bonds is 1. The molecular weight excluding hydrogens is 124 g/mol. The molecular formula is C8H14N2. The van der Waals surface area contributed by atoms with Gasteiger partial charge in [-0.1, -0.05) is 26.8 Å². The van der Waals surface area contributed by atoms with Crippen LogP contribution in [0.5, 0.6) is 0 Å². The zero-order chi connectivity index (χ0) is 7.56. The second kappa shape index (κ2) is 2.95. The van der Waals surface area contributed by atoms with Crippen molar-refractivity contribution in [2.45, 2.75) is 26.8 Å².